The Hall–Kier alpha value is -0.234. The van der Waals surface area contributed by atoms with Crippen LogP contribution in [0.15, 0.2) is 34.1 Å². The van der Waals surface area contributed by atoms with Crippen LogP contribution in [-0.4, -0.2) is 42.5 Å². The van der Waals surface area contributed by atoms with Gasteiger partial charge in [0.2, 0.25) is 10.0 Å². The fourth-order valence-electron chi connectivity index (χ4n) is 3.59. The number of carboxylic acids is 1. The quantitative estimate of drug-likeness (QED) is 0.265. The number of pyridine rings is 1. The van der Waals surface area contributed by atoms with Gasteiger partial charge < -0.3 is 9.90 Å². The Bertz CT molecular complexity index is 1260. The molecule has 1 heterocycles. The summed E-state index contributed by atoms with van der Waals surface area (Å²) in [4.78, 5) is 16.5. The van der Waals surface area contributed by atoms with Crippen LogP contribution in [0.4, 0.5) is 0 Å². The van der Waals surface area contributed by atoms with E-state index in [1.54, 1.807) is 13.8 Å². The molecule has 0 fully saturated rings. The summed E-state index contributed by atoms with van der Waals surface area (Å²) in [5, 5.41) is 12.6. The third-order valence-corrected chi connectivity index (χ3v) is 8.49. The van der Waals surface area contributed by atoms with Crippen molar-refractivity contribution < 1.29 is 69.7 Å². The standard InChI is InChI=1S/C21H23ClN2O4S2.K/c1-5-24(6-2)30(27,28)18-9-14-16(10-15(18)22)23-17-8-12(3)7-13(4)20(17)21(14)29-11-19(25)26;/h7-10H,5-6,11H2,1-4H3,(H,25,26);/q;+1/p-1. The van der Waals surface area contributed by atoms with Gasteiger partial charge in [-0.1, -0.05) is 31.5 Å². The Labute approximate surface area is 234 Å². The molecular weight excluding hydrogens is 483 g/mol. The molecular formula is C21H22ClKN2O4S2. The molecule has 0 aliphatic carbocycles. The summed E-state index contributed by atoms with van der Waals surface area (Å²) >= 11 is 7.48. The van der Waals surface area contributed by atoms with Gasteiger partial charge in [-0.25, -0.2) is 13.4 Å². The molecule has 0 atom stereocenters. The number of hydrogen-bond donors (Lipinski definition) is 0. The van der Waals surface area contributed by atoms with Crippen molar-refractivity contribution in [2.75, 3.05) is 18.8 Å². The van der Waals surface area contributed by atoms with E-state index < -0.39 is 16.0 Å². The minimum Gasteiger partial charge on any atom is -0.549 e. The number of halogens is 1. The van der Waals surface area contributed by atoms with Crippen LogP contribution >= 0.6 is 23.4 Å². The molecule has 3 rings (SSSR count). The molecule has 0 amide bonds. The zero-order chi connectivity index (χ0) is 22.2. The number of benzene rings is 2. The SMILES string of the molecule is CCN(CC)S(=O)(=O)c1cc2c(SCC(=O)[O-])c3c(C)cc(C)cc3nc2cc1Cl.[K+]. The second-order valence-electron chi connectivity index (χ2n) is 6.97. The molecule has 0 bridgehead atoms. The number of aryl methyl sites for hydroxylation is 2. The molecule has 0 N–H and O–H groups in total. The first-order valence-electron chi connectivity index (χ1n) is 9.47. The van der Waals surface area contributed by atoms with E-state index in [0.717, 1.165) is 28.3 Å². The summed E-state index contributed by atoms with van der Waals surface area (Å²) in [7, 11) is -3.81. The van der Waals surface area contributed by atoms with Crippen LogP contribution < -0.4 is 56.5 Å². The van der Waals surface area contributed by atoms with E-state index in [-0.39, 0.29) is 67.1 Å². The van der Waals surface area contributed by atoms with E-state index in [1.807, 2.05) is 26.0 Å². The van der Waals surface area contributed by atoms with Crippen molar-refractivity contribution in [1.82, 2.24) is 9.29 Å². The number of nitrogens with zero attached hydrogens (tertiary/aromatic N) is 2. The van der Waals surface area contributed by atoms with E-state index in [4.69, 9.17) is 11.6 Å². The summed E-state index contributed by atoms with van der Waals surface area (Å²) in [5.41, 5.74) is 3.17. The maximum Gasteiger partial charge on any atom is 1.00 e. The topological polar surface area (TPSA) is 90.4 Å². The molecule has 0 aliphatic heterocycles. The van der Waals surface area contributed by atoms with Gasteiger partial charge in [-0.3, -0.25) is 0 Å². The van der Waals surface area contributed by atoms with E-state index >= 15 is 0 Å². The van der Waals surface area contributed by atoms with E-state index in [0.29, 0.717) is 34.4 Å². The maximum absolute atomic E-state index is 13.1. The molecule has 0 spiro atoms. The zero-order valence-electron chi connectivity index (χ0n) is 18.2. The Kier molecular flexibility index (Phi) is 9.41. The first kappa shape index (κ1) is 27.0. The maximum atomic E-state index is 13.1. The van der Waals surface area contributed by atoms with Crippen molar-refractivity contribution in [2.24, 2.45) is 0 Å². The molecule has 0 saturated heterocycles. The Morgan fingerprint density at radius 1 is 1.13 bits per heavy atom. The number of carboxylic acid groups (broad SMARTS) is 1. The van der Waals surface area contributed by atoms with Gasteiger partial charge in [0.1, 0.15) is 4.90 Å². The number of hydrogen-bond acceptors (Lipinski definition) is 6. The molecule has 0 radical (unpaired) electrons. The molecule has 10 heteroatoms. The number of fused-ring (bicyclic) bond motifs is 2. The molecule has 0 aliphatic rings. The van der Waals surface area contributed by atoms with Crippen LogP contribution in [0.5, 0.6) is 0 Å². The normalized spacial score (nSPS) is 11.8. The predicted octanol–water partition coefficient (Wildman–Crippen LogP) is 0.535. The summed E-state index contributed by atoms with van der Waals surface area (Å²) < 4.78 is 27.6. The Morgan fingerprint density at radius 2 is 1.77 bits per heavy atom. The number of carbonyl (C=O) groups excluding carboxylic acids is 1. The molecule has 0 unspecified atom stereocenters. The summed E-state index contributed by atoms with van der Waals surface area (Å²) in [6, 6.07) is 6.95. The summed E-state index contributed by atoms with van der Waals surface area (Å²) in [6.45, 7) is 8.03. The van der Waals surface area contributed by atoms with Gasteiger partial charge in [-0.15, -0.1) is 11.8 Å². The summed E-state index contributed by atoms with van der Waals surface area (Å²) in [5.74, 6) is -1.46. The van der Waals surface area contributed by atoms with Crippen molar-refractivity contribution >= 4 is 61.2 Å². The van der Waals surface area contributed by atoms with Crippen LogP contribution in [-0.2, 0) is 14.8 Å². The van der Waals surface area contributed by atoms with Crippen molar-refractivity contribution in [3.05, 3.63) is 40.4 Å². The van der Waals surface area contributed by atoms with Gasteiger partial charge in [0.05, 0.1) is 22.0 Å². The fraction of sp³-hybridized carbons (Fsp3) is 0.333. The fourth-order valence-corrected chi connectivity index (χ4v) is 6.56. The van der Waals surface area contributed by atoms with Crippen LogP contribution in [0.25, 0.3) is 21.8 Å². The molecule has 160 valence electrons. The van der Waals surface area contributed by atoms with Crippen molar-refractivity contribution in [2.45, 2.75) is 37.5 Å². The first-order valence-corrected chi connectivity index (χ1v) is 12.3. The van der Waals surface area contributed by atoms with E-state index in [9.17, 15) is 18.3 Å². The predicted molar refractivity (Wildman–Crippen MR) is 120 cm³/mol. The molecule has 1 aromatic heterocycles. The number of aliphatic carboxylic acids is 1. The average Bonchev–Trinajstić information content (AvgIpc) is 2.64. The van der Waals surface area contributed by atoms with Gasteiger partial charge >= 0.3 is 51.4 Å². The second kappa shape index (κ2) is 10.8. The third kappa shape index (κ3) is 5.47. The van der Waals surface area contributed by atoms with Gasteiger partial charge in [0, 0.05) is 34.5 Å². The first-order chi connectivity index (χ1) is 14.1. The number of carbonyl (C=O) groups is 1. The van der Waals surface area contributed by atoms with Gasteiger partial charge in [-0.05, 0) is 43.2 Å². The average molecular weight is 505 g/mol. The number of sulfonamides is 1. The van der Waals surface area contributed by atoms with Gasteiger partial charge in [0.15, 0.2) is 0 Å². The Balaban J connectivity index is 0.00000341. The molecule has 2 aromatic carbocycles. The van der Waals surface area contributed by atoms with Gasteiger partial charge in [-0.2, -0.15) is 4.31 Å². The smallest absolute Gasteiger partial charge is 0.549 e. The van der Waals surface area contributed by atoms with Crippen LogP contribution in [0.2, 0.25) is 5.02 Å². The minimum atomic E-state index is -3.81. The van der Waals surface area contributed by atoms with Gasteiger partial charge in [0.25, 0.3) is 0 Å². The van der Waals surface area contributed by atoms with E-state index in [1.165, 1.54) is 16.4 Å². The number of aromatic nitrogens is 1. The minimum absolute atomic E-state index is 0. The van der Waals surface area contributed by atoms with Crippen molar-refractivity contribution in [3.63, 3.8) is 0 Å². The molecule has 31 heavy (non-hydrogen) atoms. The van der Waals surface area contributed by atoms with Crippen LogP contribution in [0, 0.1) is 13.8 Å². The largest absolute Gasteiger partial charge is 1.00 e. The van der Waals surface area contributed by atoms with Crippen molar-refractivity contribution in [3.8, 4) is 0 Å². The third-order valence-electron chi connectivity index (χ3n) is 4.88. The van der Waals surface area contributed by atoms with E-state index in [2.05, 4.69) is 4.98 Å². The summed E-state index contributed by atoms with van der Waals surface area (Å²) in [6.07, 6.45) is 0. The second-order valence-corrected chi connectivity index (χ2v) is 10.3. The molecule has 0 saturated carbocycles. The monoisotopic (exact) mass is 504 g/mol. The number of rotatable bonds is 7. The Morgan fingerprint density at radius 3 is 2.35 bits per heavy atom. The van der Waals surface area contributed by atoms with Crippen LogP contribution in [0.3, 0.4) is 0 Å². The van der Waals surface area contributed by atoms with Crippen LogP contribution in [0.1, 0.15) is 25.0 Å². The van der Waals surface area contributed by atoms with Crippen molar-refractivity contribution in [1.29, 1.82) is 0 Å². The number of thioether (sulfide) groups is 1. The zero-order valence-corrected chi connectivity index (χ0v) is 23.7. The molecule has 6 nitrogen and oxygen atoms in total. The molecule has 3 aromatic rings.